The lowest BCUT2D eigenvalue weighted by atomic mass is 10.1. The molecule has 1 aliphatic rings. The Morgan fingerprint density at radius 1 is 1.19 bits per heavy atom. The van der Waals surface area contributed by atoms with Gasteiger partial charge < -0.3 is 10.0 Å². The number of carboxylic acid groups (broad SMARTS) is 1. The number of aryl methyl sites for hydroxylation is 2. The summed E-state index contributed by atoms with van der Waals surface area (Å²) < 4.78 is 0. The molecule has 0 saturated carbocycles. The number of carboxylic acids is 1. The van der Waals surface area contributed by atoms with Gasteiger partial charge in [0.25, 0.3) is 0 Å². The Morgan fingerprint density at radius 2 is 1.90 bits per heavy atom. The minimum Gasteiger partial charge on any atom is -0.476 e. The number of aromatic nitrogens is 3. The molecule has 1 aromatic heterocycles. The van der Waals surface area contributed by atoms with Gasteiger partial charge in [-0.2, -0.15) is 0 Å². The quantitative estimate of drug-likeness (QED) is 0.936. The highest BCUT2D eigenvalue weighted by Gasteiger charge is 2.25. The van der Waals surface area contributed by atoms with Gasteiger partial charge in [0.2, 0.25) is 5.69 Å². The smallest absolute Gasteiger partial charge is 0.360 e. The van der Waals surface area contributed by atoms with E-state index in [1.807, 2.05) is 36.9 Å². The van der Waals surface area contributed by atoms with Crippen molar-refractivity contribution in [2.24, 2.45) is 0 Å². The lowest BCUT2D eigenvalue weighted by Crippen LogP contribution is -2.20. The largest absolute Gasteiger partial charge is 0.476 e. The molecule has 3 rings (SSSR count). The van der Waals surface area contributed by atoms with Crippen LogP contribution in [0.4, 0.5) is 5.82 Å². The number of aromatic carboxylic acids is 1. The third-order valence-corrected chi connectivity index (χ3v) is 3.77. The zero-order valence-corrected chi connectivity index (χ0v) is 12.2. The minimum absolute atomic E-state index is 0.0249. The van der Waals surface area contributed by atoms with Gasteiger partial charge in [-0.1, -0.05) is 17.7 Å². The molecule has 6 nitrogen and oxygen atoms in total. The minimum atomic E-state index is -1.03. The first-order chi connectivity index (χ1) is 10.1. The molecule has 0 unspecified atom stereocenters. The van der Waals surface area contributed by atoms with E-state index >= 15 is 0 Å². The molecule has 110 valence electrons. The molecule has 1 saturated heterocycles. The third kappa shape index (κ3) is 2.49. The van der Waals surface area contributed by atoms with Crippen LogP contribution in [0.5, 0.6) is 0 Å². The van der Waals surface area contributed by atoms with Crippen LogP contribution in [0.2, 0.25) is 0 Å². The second kappa shape index (κ2) is 5.20. The van der Waals surface area contributed by atoms with E-state index in [-0.39, 0.29) is 5.69 Å². The fourth-order valence-corrected chi connectivity index (χ4v) is 2.72. The summed E-state index contributed by atoms with van der Waals surface area (Å²) in [6.45, 7) is 5.67. The molecular weight excluding hydrogens is 268 g/mol. The SMILES string of the molecule is Cc1ccc(-n2nc(C(=O)O)c(N3CCCC3)n2)c(C)c1. The fraction of sp³-hybridized carbons (Fsp3) is 0.400. The molecule has 2 heterocycles. The van der Waals surface area contributed by atoms with Crippen LogP contribution in [0, 0.1) is 13.8 Å². The molecule has 0 bridgehead atoms. The Bertz CT molecular complexity index is 687. The lowest BCUT2D eigenvalue weighted by molar-refractivity contribution is 0.0690. The zero-order chi connectivity index (χ0) is 15.0. The third-order valence-electron chi connectivity index (χ3n) is 3.77. The summed E-state index contributed by atoms with van der Waals surface area (Å²) in [6, 6.07) is 5.93. The van der Waals surface area contributed by atoms with Gasteiger partial charge in [-0.05, 0) is 38.3 Å². The molecule has 0 spiro atoms. The molecule has 21 heavy (non-hydrogen) atoms. The normalized spacial score (nSPS) is 14.7. The molecule has 1 aromatic carbocycles. The van der Waals surface area contributed by atoms with Gasteiger partial charge in [-0.15, -0.1) is 15.0 Å². The van der Waals surface area contributed by atoms with Crippen LogP contribution in [-0.2, 0) is 0 Å². The highest BCUT2D eigenvalue weighted by molar-refractivity contribution is 5.91. The number of benzene rings is 1. The maximum absolute atomic E-state index is 11.4. The summed E-state index contributed by atoms with van der Waals surface area (Å²) >= 11 is 0. The molecular formula is C15H18N4O2. The summed E-state index contributed by atoms with van der Waals surface area (Å²) in [5.74, 6) is -0.562. The number of anilines is 1. The van der Waals surface area contributed by atoms with Gasteiger partial charge in [0, 0.05) is 13.1 Å². The highest BCUT2D eigenvalue weighted by atomic mass is 16.4. The lowest BCUT2D eigenvalue weighted by Gasteiger charge is -2.13. The van der Waals surface area contributed by atoms with Gasteiger partial charge in [-0.25, -0.2) is 4.79 Å². The Morgan fingerprint density at radius 3 is 2.52 bits per heavy atom. The maximum atomic E-state index is 11.4. The summed E-state index contributed by atoms with van der Waals surface area (Å²) in [5.41, 5.74) is 3.02. The number of carbonyl (C=O) groups is 1. The topological polar surface area (TPSA) is 71.2 Å². The van der Waals surface area contributed by atoms with Crippen molar-refractivity contribution in [2.45, 2.75) is 26.7 Å². The van der Waals surface area contributed by atoms with Crippen molar-refractivity contribution in [3.8, 4) is 5.69 Å². The van der Waals surface area contributed by atoms with E-state index in [1.54, 1.807) is 0 Å². The second-order valence-corrected chi connectivity index (χ2v) is 5.45. The van der Waals surface area contributed by atoms with Crippen molar-refractivity contribution in [1.29, 1.82) is 0 Å². The van der Waals surface area contributed by atoms with E-state index in [1.165, 1.54) is 4.80 Å². The fourth-order valence-electron chi connectivity index (χ4n) is 2.72. The van der Waals surface area contributed by atoms with Crippen molar-refractivity contribution in [3.63, 3.8) is 0 Å². The van der Waals surface area contributed by atoms with Crippen molar-refractivity contribution in [1.82, 2.24) is 15.0 Å². The van der Waals surface area contributed by atoms with Crippen LogP contribution >= 0.6 is 0 Å². The Kier molecular flexibility index (Phi) is 3.37. The Labute approximate surface area is 123 Å². The van der Waals surface area contributed by atoms with E-state index in [2.05, 4.69) is 10.2 Å². The first-order valence-corrected chi connectivity index (χ1v) is 7.09. The van der Waals surface area contributed by atoms with E-state index in [0.717, 1.165) is 42.7 Å². The number of rotatable bonds is 3. The first kappa shape index (κ1) is 13.6. The highest BCUT2D eigenvalue weighted by Crippen LogP contribution is 2.23. The summed E-state index contributed by atoms with van der Waals surface area (Å²) in [4.78, 5) is 14.9. The van der Waals surface area contributed by atoms with Crippen molar-refractivity contribution in [3.05, 3.63) is 35.0 Å². The average molecular weight is 286 g/mol. The van der Waals surface area contributed by atoms with Gasteiger partial charge >= 0.3 is 5.97 Å². The van der Waals surface area contributed by atoms with Crippen LogP contribution in [0.3, 0.4) is 0 Å². The van der Waals surface area contributed by atoms with Crippen LogP contribution < -0.4 is 4.90 Å². The van der Waals surface area contributed by atoms with Crippen molar-refractivity contribution >= 4 is 11.8 Å². The van der Waals surface area contributed by atoms with Crippen LogP contribution in [0.1, 0.15) is 34.5 Å². The molecule has 1 fully saturated rings. The number of hydrogen-bond acceptors (Lipinski definition) is 4. The number of nitrogens with zero attached hydrogens (tertiary/aromatic N) is 4. The van der Waals surface area contributed by atoms with Gasteiger partial charge in [0.15, 0.2) is 5.82 Å². The van der Waals surface area contributed by atoms with E-state index in [9.17, 15) is 9.90 Å². The molecule has 0 amide bonds. The average Bonchev–Trinajstić information content (AvgIpc) is 3.07. The Balaban J connectivity index is 2.07. The molecule has 2 aromatic rings. The number of hydrogen-bond donors (Lipinski definition) is 1. The summed E-state index contributed by atoms with van der Waals surface area (Å²) in [5, 5.41) is 18.0. The van der Waals surface area contributed by atoms with E-state index in [0.29, 0.717) is 5.82 Å². The molecule has 0 radical (unpaired) electrons. The molecule has 1 N–H and O–H groups in total. The van der Waals surface area contributed by atoms with Crippen LogP contribution in [0.15, 0.2) is 18.2 Å². The molecule has 6 heteroatoms. The standard InChI is InChI=1S/C15H18N4O2/c1-10-5-6-12(11(2)9-10)19-16-13(15(20)21)14(17-19)18-7-3-4-8-18/h5-6,9H,3-4,7-8H2,1-2H3,(H,20,21). The van der Waals surface area contributed by atoms with Gasteiger partial charge in [0.05, 0.1) is 5.69 Å². The molecule has 0 atom stereocenters. The monoisotopic (exact) mass is 286 g/mol. The van der Waals surface area contributed by atoms with Crippen LogP contribution in [-0.4, -0.2) is 39.2 Å². The van der Waals surface area contributed by atoms with E-state index in [4.69, 9.17) is 0 Å². The molecule has 1 aliphatic heterocycles. The predicted octanol–water partition coefficient (Wildman–Crippen LogP) is 2.18. The predicted molar refractivity (Wildman–Crippen MR) is 79.2 cm³/mol. The first-order valence-electron chi connectivity index (χ1n) is 7.09. The molecule has 0 aliphatic carbocycles. The van der Waals surface area contributed by atoms with Gasteiger partial charge in [0.1, 0.15) is 0 Å². The van der Waals surface area contributed by atoms with Crippen molar-refractivity contribution < 1.29 is 9.90 Å². The van der Waals surface area contributed by atoms with E-state index < -0.39 is 5.97 Å². The summed E-state index contributed by atoms with van der Waals surface area (Å²) in [6.07, 6.45) is 2.13. The maximum Gasteiger partial charge on any atom is 0.360 e. The second-order valence-electron chi connectivity index (χ2n) is 5.45. The van der Waals surface area contributed by atoms with Crippen LogP contribution in [0.25, 0.3) is 5.69 Å². The Hall–Kier alpha value is -2.37. The van der Waals surface area contributed by atoms with Gasteiger partial charge in [-0.3, -0.25) is 0 Å². The van der Waals surface area contributed by atoms with Crippen molar-refractivity contribution in [2.75, 3.05) is 18.0 Å². The summed E-state index contributed by atoms with van der Waals surface area (Å²) in [7, 11) is 0. The zero-order valence-electron chi connectivity index (χ0n) is 12.2.